The van der Waals surface area contributed by atoms with E-state index in [0.29, 0.717) is 12.1 Å². The second-order valence-electron chi connectivity index (χ2n) is 5.22. The minimum Gasteiger partial charge on any atom is -0.497 e. The number of carbonyl (C=O) groups is 2. The van der Waals surface area contributed by atoms with Gasteiger partial charge in [0.1, 0.15) is 5.75 Å². The van der Waals surface area contributed by atoms with Crippen molar-refractivity contribution in [1.82, 2.24) is 9.88 Å². The van der Waals surface area contributed by atoms with Crippen LogP contribution in [0.2, 0.25) is 0 Å². The SMILES string of the molecule is CCN(CCC(=O)O)C(=O)c1cncc(-c2ccc(OC)cc2)c1. The summed E-state index contributed by atoms with van der Waals surface area (Å²) in [4.78, 5) is 28.9. The number of rotatable bonds is 7. The number of aromatic nitrogens is 1. The molecular weight excluding hydrogens is 308 g/mol. The van der Waals surface area contributed by atoms with Gasteiger partial charge < -0.3 is 14.7 Å². The minimum absolute atomic E-state index is 0.0782. The first kappa shape index (κ1) is 17.5. The van der Waals surface area contributed by atoms with Crippen molar-refractivity contribution in [2.45, 2.75) is 13.3 Å². The van der Waals surface area contributed by atoms with E-state index in [0.717, 1.165) is 16.9 Å². The van der Waals surface area contributed by atoms with Crippen LogP contribution in [-0.2, 0) is 4.79 Å². The molecule has 2 aromatic rings. The fourth-order valence-electron chi connectivity index (χ4n) is 2.31. The Kier molecular flexibility index (Phi) is 5.89. The first-order chi connectivity index (χ1) is 11.5. The second kappa shape index (κ2) is 8.10. The predicted octanol–water partition coefficient (Wildman–Crippen LogP) is 2.69. The number of pyridine rings is 1. The quantitative estimate of drug-likeness (QED) is 0.845. The summed E-state index contributed by atoms with van der Waals surface area (Å²) >= 11 is 0. The number of benzene rings is 1. The standard InChI is InChI=1S/C18H20N2O4/c1-3-20(9-8-17(21)22)18(23)15-10-14(11-19-12-15)13-4-6-16(24-2)7-5-13/h4-7,10-12H,3,8-9H2,1-2H3,(H,21,22). The van der Waals surface area contributed by atoms with E-state index < -0.39 is 5.97 Å². The average Bonchev–Trinajstić information content (AvgIpc) is 2.62. The van der Waals surface area contributed by atoms with Crippen LogP contribution < -0.4 is 4.74 Å². The molecule has 0 radical (unpaired) electrons. The number of methoxy groups -OCH3 is 1. The molecule has 0 saturated heterocycles. The van der Waals surface area contributed by atoms with Crippen molar-refractivity contribution >= 4 is 11.9 Å². The van der Waals surface area contributed by atoms with E-state index in [1.54, 1.807) is 19.4 Å². The minimum atomic E-state index is -0.925. The van der Waals surface area contributed by atoms with Gasteiger partial charge in [0.25, 0.3) is 5.91 Å². The van der Waals surface area contributed by atoms with Gasteiger partial charge in [0.05, 0.1) is 19.1 Å². The zero-order valence-electron chi connectivity index (χ0n) is 13.7. The number of amides is 1. The molecule has 0 aliphatic carbocycles. The van der Waals surface area contributed by atoms with Crippen molar-refractivity contribution in [1.29, 1.82) is 0 Å². The van der Waals surface area contributed by atoms with Crippen LogP contribution in [0.5, 0.6) is 5.75 Å². The Morgan fingerprint density at radius 1 is 1.17 bits per heavy atom. The molecule has 2 rings (SSSR count). The Labute approximate surface area is 140 Å². The van der Waals surface area contributed by atoms with Gasteiger partial charge in [-0.1, -0.05) is 12.1 Å². The van der Waals surface area contributed by atoms with Crippen LogP contribution in [0.25, 0.3) is 11.1 Å². The van der Waals surface area contributed by atoms with Crippen molar-refractivity contribution in [2.24, 2.45) is 0 Å². The number of hydrogen-bond acceptors (Lipinski definition) is 4. The Balaban J connectivity index is 2.21. The van der Waals surface area contributed by atoms with E-state index in [1.807, 2.05) is 31.2 Å². The fraction of sp³-hybridized carbons (Fsp3) is 0.278. The highest BCUT2D eigenvalue weighted by Crippen LogP contribution is 2.22. The Bertz CT molecular complexity index is 713. The lowest BCUT2D eigenvalue weighted by molar-refractivity contribution is -0.137. The third-order valence-corrected chi connectivity index (χ3v) is 3.67. The average molecular weight is 328 g/mol. The molecule has 1 aromatic carbocycles. The highest BCUT2D eigenvalue weighted by atomic mass is 16.5. The number of nitrogens with zero attached hydrogens (tertiary/aromatic N) is 2. The molecule has 0 saturated carbocycles. The summed E-state index contributed by atoms with van der Waals surface area (Å²) in [5.41, 5.74) is 2.18. The van der Waals surface area contributed by atoms with Gasteiger partial charge in [-0.2, -0.15) is 0 Å². The molecule has 24 heavy (non-hydrogen) atoms. The zero-order valence-corrected chi connectivity index (χ0v) is 13.7. The summed E-state index contributed by atoms with van der Waals surface area (Å²) in [5, 5.41) is 8.79. The molecule has 1 amide bonds. The summed E-state index contributed by atoms with van der Waals surface area (Å²) in [6.07, 6.45) is 3.11. The molecule has 0 unspecified atom stereocenters. The van der Waals surface area contributed by atoms with Crippen LogP contribution in [0.1, 0.15) is 23.7 Å². The normalized spacial score (nSPS) is 10.2. The molecule has 1 N–H and O–H groups in total. The predicted molar refractivity (Wildman–Crippen MR) is 90.1 cm³/mol. The number of carbonyl (C=O) groups excluding carboxylic acids is 1. The molecule has 6 nitrogen and oxygen atoms in total. The Hall–Kier alpha value is -2.89. The highest BCUT2D eigenvalue weighted by molar-refractivity contribution is 5.95. The van der Waals surface area contributed by atoms with E-state index in [4.69, 9.17) is 9.84 Å². The van der Waals surface area contributed by atoms with Gasteiger partial charge in [0, 0.05) is 31.0 Å². The topological polar surface area (TPSA) is 79.7 Å². The van der Waals surface area contributed by atoms with Gasteiger partial charge in [0.15, 0.2) is 0 Å². The highest BCUT2D eigenvalue weighted by Gasteiger charge is 2.16. The molecule has 126 valence electrons. The summed E-state index contributed by atoms with van der Waals surface area (Å²) in [6, 6.07) is 9.24. The van der Waals surface area contributed by atoms with E-state index in [2.05, 4.69) is 4.98 Å². The molecule has 6 heteroatoms. The molecule has 0 spiro atoms. The number of aliphatic carboxylic acids is 1. The molecule has 0 fully saturated rings. The van der Waals surface area contributed by atoms with Gasteiger partial charge in [-0.3, -0.25) is 14.6 Å². The van der Waals surface area contributed by atoms with Gasteiger partial charge in [-0.25, -0.2) is 0 Å². The first-order valence-electron chi connectivity index (χ1n) is 7.65. The van der Waals surface area contributed by atoms with Crippen LogP contribution in [0, 0.1) is 0 Å². The third kappa shape index (κ3) is 4.32. The molecular formula is C18H20N2O4. The van der Waals surface area contributed by atoms with Crippen molar-refractivity contribution in [3.63, 3.8) is 0 Å². The zero-order chi connectivity index (χ0) is 17.5. The van der Waals surface area contributed by atoms with Crippen LogP contribution in [0.4, 0.5) is 0 Å². The fourth-order valence-corrected chi connectivity index (χ4v) is 2.31. The van der Waals surface area contributed by atoms with Crippen molar-refractivity contribution in [3.05, 3.63) is 48.3 Å². The van der Waals surface area contributed by atoms with E-state index >= 15 is 0 Å². The monoisotopic (exact) mass is 328 g/mol. The maximum atomic E-state index is 12.5. The molecule has 1 heterocycles. The van der Waals surface area contributed by atoms with Crippen molar-refractivity contribution < 1.29 is 19.4 Å². The van der Waals surface area contributed by atoms with Crippen LogP contribution in [0.3, 0.4) is 0 Å². The number of ether oxygens (including phenoxy) is 1. The van der Waals surface area contributed by atoms with Crippen LogP contribution >= 0.6 is 0 Å². The summed E-state index contributed by atoms with van der Waals surface area (Å²) in [6.45, 7) is 2.44. The maximum Gasteiger partial charge on any atom is 0.305 e. The second-order valence-corrected chi connectivity index (χ2v) is 5.22. The Morgan fingerprint density at radius 2 is 1.88 bits per heavy atom. The van der Waals surface area contributed by atoms with E-state index in [9.17, 15) is 9.59 Å². The Morgan fingerprint density at radius 3 is 2.46 bits per heavy atom. The van der Waals surface area contributed by atoms with Gasteiger partial charge >= 0.3 is 5.97 Å². The lowest BCUT2D eigenvalue weighted by Crippen LogP contribution is -2.32. The largest absolute Gasteiger partial charge is 0.497 e. The van der Waals surface area contributed by atoms with Crippen LogP contribution in [0.15, 0.2) is 42.7 Å². The summed E-state index contributed by atoms with van der Waals surface area (Å²) in [5.74, 6) is -0.391. The lowest BCUT2D eigenvalue weighted by Gasteiger charge is -2.20. The first-order valence-corrected chi connectivity index (χ1v) is 7.65. The summed E-state index contributed by atoms with van der Waals surface area (Å²) < 4.78 is 5.13. The molecule has 0 aliphatic rings. The maximum absolute atomic E-state index is 12.5. The van der Waals surface area contributed by atoms with Crippen molar-refractivity contribution in [2.75, 3.05) is 20.2 Å². The number of carboxylic acid groups (broad SMARTS) is 1. The third-order valence-electron chi connectivity index (χ3n) is 3.67. The van der Waals surface area contributed by atoms with Gasteiger partial charge in [0.2, 0.25) is 0 Å². The van der Waals surface area contributed by atoms with E-state index in [-0.39, 0.29) is 18.9 Å². The molecule has 1 aromatic heterocycles. The lowest BCUT2D eigenvalue weighted by atomic mass is 10.1. The molecule has 0 aliphatic heterocycles. The van der Waals surface area contributed by atoms with E-state index in [1.165, 1.54) is 11.1 Å². The van der Waals surface area contributed by atoms with Gasteiger partial charge in [-0.05, 0) is 30.7 Å². The number of hydrogen-bond donors (Lipinski definition) is 1. The van der Waals surface area contributed by atoms with Crippen LogP contribution in [-0.4, -0.2) is 47.1 Å². The molecule has 0 atom stereocenters. The molecule has 0 bridgehead atoms. The smallest absolute Gasteiger partial charge is 0.305 e. The summed E-state index contributed by atoms with van der Waals surface area (Å²) in [7, 11) is 1.60. The number of carboxylic acids is 1. The van der Waals surface area contributed by atoms with Gasteiger partial charge in [-0.15, -0.1) is 0 Å². The van der Waals surface area contributed by atoms with Crippen molar-refractivity contribution in [3.8, 4) is 16.9 Å².